The number of nitriles is 1. The normalized spacial score (nSPS) is 13.9. The molecule has 0 bridgehead atoms. The third-order valence-corrected chi connectivity index (χ3v) is 3.37. The van der Waals surface area contributed by atoms with E-state index < -0.39 is 0 Å². The average Bonchev–Trinajstić information content (AvgIpc) is 2.90. The van der Waals surface area contributed by atoms with E-state index in [1.54, 1.807) is 12.1 Å². The Morgan fingerprint density at radius 3 is 2.70 bits per heavy atom. The van der Waals surface area contributed by atoms with Gasteiger partial charge in [-0.3, -0.25) is 0 Å². The molecule has 3 nitrogen and oxygen atoms in total. The number of benzene rings is 1. The van der Waals surface area contributed by atoms with Crippen LogP contribution in [0.4, 0.5) is 0 Å². The van der Waals surface area contributed by atoms with Gasteiger partial charge in [0.05, 0.1) is 11.6 Å². The molecule has 1 aliphatic rings. The molecule has 0 radical (unpaired) electrons. The largest absolute Gasteiger partial charge is 0.441 e. The van der Waals surface area contributed by atoms with Gasteiger partial charge in [-0.25, -0.2) is 4.98 Å². The highest BCUT2D eigenvalue weighted by Crippen LogP contribution is 2.29. The van der Waals surface area contributed by atoms with Gasteiger partial charge in [-0.1, -0.05) is 30.4 Å². The molecule has 1 aliphatic carbocycles. The summed E-state index contributed by atoms with van der Waals surface area (Å²) in [5.41, 5.74) is 3.61. The number of aromatic nitrogens is 1. The van der Waals surface area contributed by atoms with Crippen molar-refractivity contribution in [2.45, 2.75) is 19.8 Å². The maximum Gasteiger partial charge on any atom is 0.222 e. The first-order valence-corrected chi connectivity index (χ1v) is 6.62. The van der Waals surface area contributed by atoms with Gasteiger partial charge in [-0.05, 0) is 31.9 Å². The summed E-state index contributed by atoms with van der Waals surface area (Å²) >= 11 is 0. The molecule has 0 spiro atoms. The number of aryl methyl sites for hydroxylation is 1. The number of allylic oxidation sites excluding steroid dienone is 4. The minimum absolute atomic E-state index is 0.648. The first-order valence-electron chi connectivity index (χ1n) is 6.62. The van der Waals surface area contributed by atoms with Gasteiger partial charge in [0.15, 0.2) is 0 Å². The lowest BCUT2D eigenvalue weighted by Gasteiger charge is -2.03. The summed E-state index contributed by atoms with van der Waals surface area (Å²) in [5, 5.41) is 8.83. The van der Waals surface area contributed by atoms with Crippen LogP contribution in [0.5, 0.6) is 0 Å². The maximum atomic E-state index is 8.83. The van der Waals surface area contributed by atoms with Crippen molar-refractivity contribution in [2.75, 3.05) is 0 Å². The van der Waals surface area contributed by atoms with E-state index in [1.165, 1.54) is 0 Å². The van der Waals surface area contributed by atoms with E-state index in [4.69, 9.17) is 9.68 Å². The van der Waals surface area contributed by atoms with Crippen molar-refractivity contribution in [1.82, 2.24) is 4.98 Å². The third-order valence-electron chi connectivity index (χ3n) is 3.37. The predicted octanol–water partition coefficient (Wildman–Crippen LogP) is 4.26. The third kappa shape index (κ3) is 2.28. The lowest BCUT2D eigenvalue weighted by atomic mass is 10.1. The van der Waals surface area contributed by atoms with Gasteiger partial charge in [0.25, 0.3) is 0 Å². The van der Waals surface area contributed by atoms with Crippen molar-refractivity contribution >= 4 is 5.57 Å². The van der Waals surface area contributed by atoms with E-state index in [1.807, 2.05) is 25.1 Å². The highest BCUT2D eigenvalue weighted by Gasteiger charge is 2.15. The molecule has 0 saturated carbocycles. The topological polar surface area (TPSA) is 49.8 Å². The zero-order valence-electron chi connectivity index (χ0n) is 11.3. The van der Waals surface area contributed by atoms with Gasteiger partial charge < -0.3 is 4.42 Å². The Morgan fingerprint density at radius 2 is 2.05 bits per heavy atom. The lowest BCUT2D eigenvalue weighted by molar-refractivity contribution is 0.510. The second kappa shape index (κ2) is 5.18. The summed E-state index contributed by atoms with van der Waals surface area (Å²) in [6, 6.07) is 9.52. The van der Waals surface area contributed by atoms with Crippen molar-refractivity contribution in [3.63, 3.8) is 0 Å². The summed E-state index contributed by atoms with van der Waals surface area (Å²) in [6.45, 7) is 1.92. The molecule has 1 heterocycles. The predicted molar refractivity (Wildman–Crippen MR) is 77.7 cm³/mol. The van der Waals surface area contributed by atoms with Crippen LogP contribution >= 0.6 is 0 Å². The summed E-state index contributed by atoms with van der Waals surface area (Å²) in [6.07, 6.45) is 8.22. The molecule has 0 saturated heterocycles. The molecule has 20 heavy (non-hydrogen) atoms. The molecule has 0 atom stereocenters. The summed E-state index contributed by atoms with van der Waals surface area (Å²) < 4.78 is 5.79. The molecular weight excluding hydrogens is 248 g/mol. The van der Waals surface area contributed by atoms with E-state index in [-0.39, 0.29) is 0 Å². The zero-order chi connectivity index (χ0) is 13.9. The summed E-state index contributed by atoms with van der Waals surface area (Å²) in [4.78, 5) is 4.61. The van der Waals surface area contributed by atoms with Crippen LogP contribution in [-0.2, 0) is 0 Å². The van der Waals surface area contributed by atoms with Gasteiger partial charge in [0.1, 0.15) is 11.5 Å². The van der Waals surface area contributed by atoms with Crippen LogP contribution in [0.1, 0.15) is 30.1 Å². The number of oxazole rings is 1. The van der Waals surface area contributed by atoms with Gasteiger partial charge in [0, 0.05) is 11.1 Å². The monoisotopic (exact) mass is 262 g/mol. The molecule has 0 unspecified atom stereocenters. The van der Waals surface area contributed by atoms with Gasteiger partial charge in [0.2, 0.25) is 5.89 Å². The van der Waals surface area contributed by atoms with Gasteiger partial charge in [-0.15, -0.1) is 0 Å². The fourth-order valence-corrected chi connectivity index (χ4v) is 2.29. The Hall–Kier alpha value is -2.60. The fraction of sp³-hybridized carbons (Fsp3) is 0.176. The van der Waals surface area contributed by atoms with E-state index in [2.05, 4.69) is 23.2 Å². The molecule has 0 amide bonds. The Morgan fingerprint density at radius 1 is 1.25 bits per heavy atom. The summed E-state index contributed by atoms with van der Waals surface area (Å²) in [5.74, 6) is 1.51. The molecular formula is C17H14N2O. The molecule has 98 valence electrons. The number of nitrogens with zero attached hydrogens (tertiary/aromatic N) is 2. The van der Waals surface area contributed by atoms with Crippen LogP contribution in [0.15, 0.2) is 46.9 Å². The first kappa shape index (κ1) is 12.4. The molecule has 1 aromatic heterocycles. The molecule has 3 heteroatoms. The molecule has 1 aromatic carbocycles. The van der Waals surface area contributed by atoms with Crippen LogP contribution in [-0.4, -0.2) is 4.98 Å². The average molecular weight is 262 g/mol. The lowest BCUT2D eigenvalue weighted by Crippen LogP contribution is -1.88. The number of rotatable bonds is 2. The Bertz CT molecular complexity index is 727. The standard InChI is InChI=1S/C17H14N2O/c1-12-16(14-9-7-13(11-18)8-10-14)19-17(20-12)15-5-3-2-4-6-15/h2-3,5,7-10H,4,6H2,1H3. The molecule has 2 aromatic rings. The van der Waals surface area contributed by atoms with Crippen molar-refractivity contribution in [3.05, 3.63) is 59.7 Å². The number of hydrogen-bond donors (Lipinski definition) is 0. The van der Waals surface area contributed by atoms with Gasteiger partial charge in [-0.2, -0.15) is 5.26 Å². The Balaban J connectivity index is 1.98. The minimum Gasteiger partial charge on any atom is -0.441 e. The second-order valence-corrected chi connectivity index (χ2v) is 4.77. The van der Waals surface area contributed by atoms with Crippen molar-refractivity contribution in [1.29, 1.82) is 5.26 Å². The van der Waals surface area contributed by atoms with Crippen molar-refractivity contribution < 1.29 is 4.42 Å². The van der Waals surface area contributed by atoms with Crippen LogP contribution in [0, 0.1) is 18.3 Å². The van der Waals surface area contributed by atoms with E-state index in [0.717, 1.165) is 35.4 Å². The van der Waals surface area contributed by atoms with Crippen LogP contribution in [0.3, 0.4) is 0 Å². The molecule has 3 rings (SSSR count). The molecule has 0 fully saturated rings. The number of hydrogen-bond acceptors (Lipinski definition) is 3. The Kier molecular flexibility index (Phi) is 3.22. The fourth-order valence-electron chi connectivity index (χ4n) is 2.29. The van der Waals surface area contributed by atoms with Crippen LogP contribution in [0.25, 0.3) is 16.8 Å². The first-order chi connectivity index (χ1) is 9.78. The zero-order valence-corrected chi connectivity index (χ0v) is 11.3. The summed E-state index contributed by atoms with van der Waals surface area (Å²) in [7, 11) is 0. The smallest absolute Gasteiger partial charge is 0.222 e. The molecule has 0 N–H and O–H groups in total. The maximum absolute atomic E-state index is 8.83. The highest BCUT2D eigenvalue weighted by atomic mass is 16.4. The minimum atomic E-state index is 0.648. The Labute approximate surface area is 117 Å². The SMILES string of the molecule is Cc1oc(C2=CC=CCC2)nc1-c1ccc(C#N)cc1. The van der Waals surface area contributed by atoms with Crippen LogP contribution < -0.4 is 0 Å². The van der Waals surface area contributed by atoms with Crippen LogP contribution in [0.2, 0.25) is 0 Å². The quantitative estimate of drug-likeness (QED) is 0.812. The van der Waals surface area contributed by atoms with E-state index >= 15 is 0 Å². The van der Waals surface area contributed by atoms with E-state index in [0.29, 0.717) is 11.5 Å². The van der Waals surface area contributed by atoms with Gasteiger partial charge >= 0.3 is 0 Å². The highest BCUT2D eigenvalue weighted by molar-refractivity contribution is 5.68. The molecule has 0 aliphatic heterocycles. The van der Waals surface area contributed by atoms with Crippen molar-refractivity contribution in [2.24, 2.45) is 0 Å². The van der Waals surface area contributed by atoms with Crippen molar-refractivity contribution in [3.8, 4) is 17.3 Å². The second-order valence-electron chi connectivity index (χ2n) is 4.77. The van der Waals surface area contributed by atoms with E-state index in [9.17, 15) is 0 Å².